The lowest BCUT2D eigenvalue weighted by molar-refractivity contribution is -0.129. The molecule has 1 aliphatic heterocycles. The summed E-state index contributed by atoms with van der Waals surface area (Å²) in [5.41, 5.74) is 2.09. The van der Waals surface area contributed by atoms with Crippen molar-refractivity contribution in [1.82, 2.24) is 9.88 Å². The molecule has 0 bridgehead atoms. The summed E-state index contributed by atoms with van der Waals surface area (Å²) in [7, 11) is 3.73. The second kappa shape index (κ2) is 8.15. The third-order valence-electron chi connectivity index (χ3n) is 4.27. The highest BCUT2D eigenvalue weighted by Gasteiger charge is 2.20. The van der Waals surface area contributed by atoms with Gasteiger partial charge in [0, 0.05) is 64.2 Å². The van der Waals surface area contributed by atoms with Crippen molar-refractivity contribution in [3.8, 4) is 0 Å². The van der Waals surface area contributed by atoms with Crippen molar-refractivity contribution in [2.75, 3.05) is 50.6 Å². The highest BCUT2D eigenvalue weighted by atomic mass is 16.5. The number of methoxy groups -OCH3 is 1. The Bertz CT molecular complexity index is 527. The van der Waals surface area contributed by atoms with Gasteiger partial charge in [-0.25, -0.2) is 4.98 Å². The number of aryl methyl sites for hydroxylation is 1. The molecule has 1 amide bonds. The summed E-state index contributed by atoms with van der Waals surface area (Å²) in [6.45, 7) is 6.80. The quantitative estimate of drug-likeness (QED) is 0.867. The van der Waals surface area contributed by atoms with Crippen LogP contribution in [-0.2, 0) is 9.53 Å². The average Bonchev–Trinajstić information content (AvgIpc) is 2.52. The predicted molar refractivity (Wildman–Crippen MR) is 93.0 cm³/mol. The number of carbonyl (C=O) groups is 1. The van der Waals surface area contributed by atoms with Crippen LogP contribution in [0, 0.1) is 6.92 Å². The molecule has 1 aliphatic rings. The zero-order valence-electron chi connectivity index (χ0n) is 14.6. The molecule has 1 aromatic rings. The van der Waals surface area contributed by atoms with Crippen molar-refractivity contribution in [1.29, 1.82) is 0 Å². The second-order valence-electron chi connectivity index (χ2n) is 6.19. The van der Waals surface area contributed by atoms with E-state index in [4.69, 9.17) is 4.74 Å². The number of piperidine rings is 1. The number of rotatable bonds is 6. The summed E-state index contributed by atoms with van der Waals surface area (Å²) in [4.78, 5) is 20.0. The molecule has 0 radical (unpaired) electrons. The van der Waals surface area contributed by atoms with Crippen LogP contribution >= 0.6 is 0 Å². The molecule has 1 N–H and O–H groups in total. The van der Waals surface area contributed by atoms with Crippen LogP contribution in [0.25, 0.3) is 0 Å². The van der Waals surface area contributed by atoms with E-state index >= 15 is 0 Å². The fraction of sp³-hybridized carbons (Fsp3) is 0.647. The Balaban J connectivity index is 1.97. The zero-order valence-corrected chi connectivity index (χ0v) is 14.6. The van der Waals surface area contributed by atoms with Crippen LogP contribution in [0.1, 0.15) is 25.5 Å². The third-order valence-corrected chi connectivity index (χ3v) is 4.27. The van der Waals surface area contributed by atoms with E-state index in [1.807, 2.05) is 18.9 Å². The van der Waals surface area contributed by atoms with Crippen LogP contribution in [0.4, 0.5) is 11.5 Å². The van der Waals surface area contributed by atoms with Gasteiger partial charge in [-0.3, -0.25) is 4.79 Å². The van der Waals surface area contributed by atoms with Crippen LogP contribution < -0.4 is 10.2 Å². The van der Waals surface area contributed by atoms with Crippen LogP contribution in [0.15, 0.2) is 12.1 Å². The molecule has 0 aromatic carbocycles. The van der Waals surface area contributed by atoms with Crippen molar-refractivity contribution in [2.24, 2.45) is 0 Å². The number of carbonyl (C=O) groups excluding carboxylic acids is 1. The first kappa shape index (κ1) is 17.5. The first-order chi connectivity index (χ1) is 11.0. The van der Waals surface area contributed by atoms with Crippen molar-refractivity contribution in [3.05, 3.63) is 17.8 Å². The van der Waals surface area contributed by atoms with Gasteiger partial charge in [0.25, 0.3) is 0 Å². The van der Waals surface area contributed by atoms with E-state index in [1.54, 1.807) is 14.0 Å². The molecule has 1 saturated heterocycles. The molecule has 6 nitrogen and oxygen atoms in total. The zero-order chi connectivity index (χ0) is 16.8. The number of ether oxygens (including phenoxy) is 1. The molecule has 0 saturated carbocycles. The Hall–Kier alpha value is -1.82. The van der Waals surface area contributed by atoms with Crippen LogP contribution in [0.5, 0.6) is 0 Å². The van der Waals surface area contributed by atoms with Gasteiger partial charge in [0.05, 0.1) is 6.61 Å². The Morgan fingerprint density at radius 1 is 1.43 bits per heavy atom. The first-order valence-electron chi connectivity index (χ1n) is 8.20. The highest BCUT2D eigenvalue weighted by Crippen LogP contribution is 2.21. The molecule has 2 rings (SSSR count). The molecule has 0 aliphatic carbocycles. The average molecular weight is 320 g/mol. The molecule has 6 heteroatoms. The van der Waals surface area contributed by atoms with Crippen molar-refractivity contribution in [3.63, 3.8) is 0 Å². The molecule has 0 spiro atoms. The van der Waals surface area contributed by atoms with Gasteiger partial charge in [-0.1, -0.05) is 0 Å². The minimum Gasteiger partial charge on any atom is -0.383 e. The third kappa shape index (κ3) is 5.10. The van der Waals surface area contributed by atoms with Gasteiger partial charge in [0.2, 0.25) is 5.91 Å². The van der Waals surface area contributed by atoms with E-state index in [2.05, 4.69) is 27.3 Å². The lowest BCUT2D eigenvalue weighted by Crippen LogP contribution is -2.41. The Morgan fingerprint density at radius 2 is 2.13 bits per heavy atom. The topological polar surface area (TPSA) is 57.7 Å². The molecular formula is C17H28N4O2. The number of pyridine rings is 1. The summed E-state index contributed by atoms with van der Waals surface area (Å²) in [5, 5.41) is 3.60. The standard InChI is InChI=1S/C17H28N4O2/c1-13-11-16(12-17(18-13)20(3)9-10-23-4)19-15-5-7-21(8-6-15)14(2)22/h11-12,15H,5-10H2,1-4H3,(H,18,19). The maximum absolute atomic E-state index is 11.4. The Morgan fingerprint density at radius 3 is 2.74 bits per heavy atom. The highest BCUT2D eigenvalue weighted by molar-refractivity contribution is 5.73. The normalized spacial score (nSPS) is 15.6. The summed E-state index contributed by atoms with van der Waals surface area (Å²) >= 11 is 0. The number of aromatic nitrogens is 1. The molecule has 2 heterocycles. The van der Waals surface area contributed by atoms with Crippen molar-refractivity contribution < 1.29 is 9.53 Å². The molecule has 1 fully saturated rings. The van der Waals surface area contributed by atoms with Crippen LogP contribution in [0.2, 0.25) is 0 Å². The van der Waals surface area contributed by atoms with Crippen LogP contribution in [0.3, 0.4) is 0 Å². The van der Waals surface area contributed by atoms with E-state index < -0.39 is 0 Å². The second-order valence-corrected chi connectivity index (χ2v) is 6.19. The Kier molecular flexibility index (Phi) is 6.21. The maximum Gasteiger partial charge on any atom is 0.219 e. The van der Waals surface area contributed by atoms with Gasteiger partial charge in [-0.15, -0.1) is 0 Å². The van der Waals surface area contributed by atoms with E-state index in [1.165, 1.54) is 0 Å². The fourth-order valence-electron chi connectivity index (χ4n) is 2.85. The molecule has 1 aromatic heterocycles. The summed E-state index contributed by atoms with van der Waals surface area (Å²) < 4.78 is 5.13. The molecule has 23 heavy (non-hydrogen) atoms. The lowest BCUT2D eigenvalue weighted by Gasteiger charge is -2.32. The van der Waals surface area contributed by atoms with Crippen molar-refractivity contribution in [2.45, 2.75) is 32.7 Å². The number of nitrogens with zero attached hydrogens (tertiary/aromatic N) is 3. The smallest absolute Gasteiger partial charge is 0.219 e. The number of nitrogens with one attached hydrogen (secondary N) is 1. The van der Waals surface area contributed by atoms with E-state index in [-0.39, 0.29) is 5.91 Å². The van der Waals surface area contributed by atoms with E-state index in [9.17, 15) is 4.79 Å². The fourth-order valence-corrected chi connectivity index (χ4v) is 2.85. The predicted octanol–water partition coefficient (Wildman–Crippen LogP) is 1.90. The van der Waals surface area contributed by atoms with Gasteiger partial charge in [0.1, 0.15) is 5.82 Å². The molecule has 0 atom stereocenters. The molecule has 0 unspecified atom stereocenters. The largest absolute Gasteiger partial charge is 0.383 e. The summed E-state index contributed by atoms with van der Waals surface area (Å²) in [6.07, 6.45) is 1.96. The van der Waals surface area contributed by atoms with Gasteiger partial charge < -0.3 is 19.9 Å². The minimum atomic E-state index is 0.172. The summed E-state index contributed by atoms with van der Waals surface area (Å²) in [5.74, 6) is 1.12. The molecule has 128 valence electrons. The number of hydrogen-bond acceptors (Lipinski definition) is 5. The van der Waals surface area contributed by atoms with E-state index in [0.29, 0.717) is 12.6 Å². The Labute approximate surface area is 138 Å². The van der Waals surface area contributed by atoms with Gasteiger partial charge >= 0.3 is 0 Å². The summed E-state index contributed by atoms with van der Waals surface area (Å²) in [6, 6.07) is 4.56. The monoisotopic (exact) mass is 320 g/mol. The number of amides is 1. The maximum atomic E-state index is 11.4. The van der Waals surface area contributed by atoms with Gasteiger partial charge in [-0.2, -0.15) is 0 Å². The number of likely N-dealkylation sites (N-methyl/N-ethyl adjacent to an activating group) is 1. The molecular weight excluding hydrogens is 292 g/mol. The van der Waals surface area contributed by atoms with Crippen molar-refractivity contribution >= 4 is 17.4 Å². The first-order valence-corrected chi connectivity index (χ1v) is 8.20. The van der Waals surface area contributed by atoms with Gasteiger partial charge in [-0.05, 0) is 25.8 Å². The SMILES string of the molecule is COCCN(C)c1cc(NC2CCN(C(C)=O)CC2)cc(C)n1. The lowest BCUT2D eigenvalue weighted by atomic mass is 10.0. The number of anilines is 2. The number of likely N-dealkylation sites (tertiary alicyclic amines) is 1. The number of hydrogen-bond donors (Lipinski definition) is 1. The van der Waals surface area contributed by atoms with E-state index in [0.717, 1.165) is 49.7 Å². The minimum absolute atomic E-state index is 0.172. The van der Waals surface area contributed by atoms with Gasteiger partial charge in [0.15, 0.2) is 0 Å². The van der Waals surface area contributed by atoms with Crippen LogP contribution in [-0.4, -0.2) is 62.2 Å².